The molecule has 258 valence electrons. The molecule has 3 heterocycles. The molecule has 0 amide bonds. The van der Waals surface area contributed by atoms with E-state index >= 15 is 0 Å². The van der Waals surface area contributed by atoms with Crippen LogP contribution in [0.2, 0.25) is 0 Å². The number of para-hydroxylation sites is 3. The average Bonchev–Trinajstić information content (AvgIpc) is 3.90. The first-order valence-electron chi connectivity index (χ1n) is 19.1. The van der Waals surface area contributed by atoms with Crippen molar-refractivity contribution in [2.24, 2.45) is 0 Å². The second-order valence-corrected chi connectivity index (χ2v) is 14.9. The summed E-state index contributed by atoms with van der Waals surface area (Å²) in [5.74, 6) is 2.14. The van der Waals surface area contributed by atoms with Gasteiger partial charge in [-0.05, 0) is 106 Å². The molecular weight excluding hydrogens is 669 g/mol. The highest BCUT2D eigenvalue weighted by Crippen LogP contribution is 2.51. The van der Waals surface area contributed by atoms with Gasteiger partial charge in [-0.2, -0.15) is 0 Å². The van der Waals surface area contributed by atoms with Gasteiger partial charge in [0.25, 0.3) is 0 Å². The zero-order valence-electron chi connectivity index (χ0n) is 30.0. The maximum absolute atomic E-state index is 6.72. The van der Waals surface area contributed by atoms with Gasteiger partial charge < -0.3 is 13.9 Å². The Morgan fingerprint density at radius 2 is 1.11 bits per heavy atom. The zero-order valence-corrected chi connectivity index (χ0v) is 30.0. The number of aromatic nitrogens is 2. The fourth-order valence-electron chi connectivity index (χ4n) is 9.29. The first kappa shape index (κ1) is 30.4. The van der Waals surface area contributed by atoms with Crippen molar-refractivity contribution in [2.45, 2.75) is 12.3 Å². The molecule has 0 radical (unpaired) electrons. The van der Waals surface area contributed by atoms with Gasteiger partial charge in [0.2, 0.25) is 0 Å². The molecule has 2 aliphatic rings. The summed E-state index contributed by atoms with van der Waals surface area (Å²) in [6, 6.07) is 62.2. The summed E-state index contributed by atoms with van der Waals surface area (Å²) < 4.78 is 11.6. The number of hydrogen-bond donors (Lipinski definition) is 0. The molecule has 1 unspecified atom stereocenters. The molecular formula is C52H34N2O. The van der Waals surface area contributed by atoms with Crippen LogP contribution in [-0.2, 0) is 0 Å². The minimum Gasteiger partial charge on any atom is -0.461 e. The Hall–Kier alpha value is -7.10. The number of allylic oxidation sites excluding steroid dienone is 4. The normalized spacial score (nSPS) is 14.8. The molecule has 8 aromatic carbocycles. The van der Waals surface area contributed by atoms with Gasteiger partial charge in [0.05, 0.1) is 33.7 Å². The van der Waals surface area contributed by atoms with E-state index in [1.807, 2.05) is 0 Å². The molecule has 10 aromatic rings. The van der Waals surface area contributed by atoms with Gasteiger partial charge >= 0.3 is 0 Å². The minimum absolute atomic E-state index is 0.171. The lowest BCUT2D eigenvalue weighted by Gasteiger charge is -2.18. The Morgan fingerprint density at radius 3 is 1.98 bits per heavy atom. The third-order valence-corrected chi connectivity index (χ3v) is 11.8. The Bertz CT molecular complexity index is 3270. The lowest BCUT2D eigenvalue weighted by molar-refractivity contribution is 0.425. The van der Waals surface area contributed by atoms with Gasteiger partial charge in [-0.15, -0.1) is 0 Å². The van der Waals surface area contributed by atoms with E-state index in [0.29, 0.717) is 0 Å². The number of fused-ring (bicyclic) bond motifs is 10. The third-order valence-electron chi connectivity index (χ3n) is 11.8. The van der Waals surface area contributed by atoms with E-state index in [4.69, 9.17) is 4.74 Å². The van der Waals surface area contributed by atoms with Crippen LogP contribution < -0.4 is 4.74 Å². The van der Waals surface area contributed by atoms with Gasteiger partial charge in [0, 0.05) is 32.8 Å². The fraction of sp³-hybridized carbons (Fsp3) is 0.0385. The van der Waals surface area contributed by atoms with Crippen molar-refractivity contribution in [3.63, 3.8) is 0 Å². The highest BCUT2D eigenvalue weighted by molar-refractivity contribution is 6.12. The molecule has 0 N–H and O–H groups in total. The van der Waals surface area contributed by atoms with Crippen LogP contribution in [0.3, 0.4) is 0 Å². The molecule has 0 bridgehead atoms. The smallest absolute Gasteiger partial charge is 0.133 e. The van der Waals surface area contributed by atoms with E-state index in [-0.39, 0.29) is 5.92 Å². The zero-order chi connectivity index (χ0) is 36.0. The summed E-state index contributed by atoms with van der Waals surface area (Å²) in [7, 11) is 0. The summed E-state index contributed by atoms with van der Waals surface area (Å²) in [4.78, 5) is 0. The lowest BCUT2D eigenvalue weighted by atomic mass is 9.89. The standard InChI is InChI=1S/C52H34N2O/c1-2-14-39(15-3-1)53-45-19-9-7-17-41(45)44-29-36(25-27-47(44)53)37-24-26-42-40-16-6-10-20-46(40)54(48(42)30-37)49-31-38(35-23-22-33-12-4-5-13-34(33)28-35)32-51-52(49)43-18-8-11-21-50(43)55-51/h1-17,19-32,43H,18H2. The van der Waals surface area contributed by atoms with Crippen LogP contribution in [0.5, 0.6) is 5.75 Å². The van der Waals surface area contributed by atoms with E-state index in [1.165, 1.54) is 88.0 Å². The first-order chi connectivity index (χ1) is 27.3. The van der Waals surface area contributed by atoms with Crippen molar-refractivity contribution in [3.05, 3.63) is 199 Å². The van der Waals surface area contributed by atoms with Crippen LogP contribution in [0.15, 0.2) is 194 Å². The lowest BCUT2D eigenvalue weighted by Crippen LogP contribution is -2.05. The van der Waals surface area contributed by atoms with Gasteiger partial charge in [-0.1, -0.05) is 121 Å². The molecule has 1 aliphatic carbocycles. The largest absolute Gasteiger partial charge is 0.461 e. The van der Waals surface area contributed by atoms with Crippen LogP contribution in [0.4, 0.5) is 0 Å². The molecule has 0 fully saturated rings. The first-order valence-corrected chi connectivity index (χ1v) is 19.1. The molecule has 0 saturated carbocycles. The predicted molar refractivity (Wildman–Crippen MR) is 229 cm³/mol. The van der Waals surface area contributed by atoms with Gasteiger partial charge in [-0.25, -0.2) is 0 Å². The molecule has 2 aromatic heterocycles. The second-order valence-electron chi connectivity index (χ2n) is 14.9. The van der Waals surface area contributed by atoms with Crippen molar-refractivity contribution < 1.29 is 4.74 Å². The number of nitrogens with zero attached hydrogens (tertiary/aromatic N) is 2. The number of benzene rings is 8. The molecule has 1 aliphatic heterocycles. The summed E-state index contributed by atoms with van der Waals surface area (Å²) in [6.45, 7) is 0. The van der Waals surface area contributed by atoms with Gasteiger partial charge in [0.15, 0.2) is 0 Å². The minimum atomic E-state index is 0.171. The number of ether oxygens (including phenoxy) is 1. The van der Waals surface area contributed by atoms with Crippen molar-refractivity contribution in [2.75, 3.05) is 0 Å². The summed E-state index contributed by atoms with van der Waals surface area (Å²) >= 11 is 0. The second kappa shape index (κ2) is 11.7. The molecule has 0 spiro atoms. The van der Waals surface area contributed by atoms with Crippen LogP contribution in [0.1, 0.15) is 17.9 Å². The molecule has 12 rings (SSSR count). The monoisotopic (exact) mass is 702 g/mol. The highest BCUT2D eigenvalue weighted by atomic mass is 16.5. The summed E-state index contributed by atoms with van der Waals surface area (Å²) in [6.07, 6.45) is 7.45. The number of rotatable bonds is 4. The molecule has 55 heavy (non-hydrogen) atoms. The maximum Gasteiger partial charge on any atom is 0.133 e. The van der Waals surface area contributed by atoms with Crippen molar-refractivity contribution >= 4 is 54.4 Å². The van der Waals surface area contributed by atoms with Gasteiger partial charge in [0.1, 0.15) is 11.5 Å². The molecule has 3 nitrogen and oxygen atoms in total. The van der Waals surface area contributed by atoms with Gasteiger partial charge in [-0.3, -0.25) is 0 Å². The van der Waals surface area contributed by atoms with Crippen molar-refractivity contribution in [3.8, 4) is 39.4 Å². The highest BCUT2D eigenvalue weighted by Gasteiger charge is 2.34. The van der Waals surface area contributed by atoms with E-state index < -0.39 is 0 Å². The Balaban J connectivity index is 1.10. The van der Waals surface area contributed by atoms with Crippen molar-refractivity contribution in [1.29, 1.82) is 0 Å². The van der Waals surface area contributed by atoms with Crippen LogP contribution in [-0.4, -0.2) is 9.13 Å². The Kier molecular flexibility index (Phi) is 6.46. The average molecular weight is 703 g/mol. The van der Waals surface area contributed by atoms with E-state index in [2.05, 4.69) is 197 Å². The summed E-state index contributed by atoms with van der Waals surface area (Å²) in [5.41, 5.74) is 13.1. The van der Waals surface area contributed by atoms with Crippen molar-refractivity contribution in [1.82, 2.24) is 9.13 Å². The molecule has 0 saturated heterocycles. The third kappa shape index (κ3) is 4.57. The van der Waals surface area contributed by atoms with E-state index in [9.17, 15) is 0 Å². The topological polar surface area (TPSA) is 19.1 Å². The Morgan fingerprint density at radius 1 is 0.455 bits per heavy atom. The quantitative estimate of drug-likeness (QED) is 0.179. The molecule has 3 heteroatoms. The molecule has 1 atom stereocenters. The number of hydrogen-bond acceptors (Lipinski definition) is 1. The van der Waals surface area contributed by atoms with E-state index in [0.717, 1.165) is 23.5 Å². The summed E-state index contributed by atoms with van der Waals surface area (Å²) in [5, 5.41) is 7.46. The Labute approximate surface area is 318 Å². The fourth-order valence-corrected chi connectivity index (χ4v) is 9.29. The van der Waals surface area contributed by atoms with Crippen LogP contribution in [0, 0.1) is 0 Å². The predicted octanol–water partition coefficient (Wildman–Crippen LogP) is 13.7. The van der Waals surface area contributed by atoms with E-state index in [1.54, 1.807) is 0 Å². The van der Waals surface area contributed by atoms with Crippen LogP contribution >= 0.6 is 0 Å². The maximum atomic E-state index is 6.72. The van der Waals surface area contributed by atoms with Crippen LogP contribution in [0.25, 0.3) is 88.0 Å². The SMILES string of the molecule is C1=CCC2C(=C1)Oc1cc(-c3ccc4ccccc4c3)cc(-n3c4ccccc4c4ccc(-c5ccc6c(c5)c5ccccc5n6-c5ccccc5)cc43)c12.